The molecule has 0 aromatic carbocycles. The van der Waals surface area contributed by atoms with Crippen LogP contribution in [0.5, 0.6) is 0 Å². The molecule has 19 heavy (non-hydrogen) atoms. The van der Waals surface area contributed by atoms with Crippen LogP contribution in [-0.2, 0) is 4.79 Å². The number of hydrogen-bond acceptors (Lipinski definition) is 3. The zero-order valence-corrected chi connectivity index (χ0v) is 11.9. The molecule has 1 atom stereocenters. The molecule has 2 amide bonds. The maximum Gasteiger partial charge on any atom is 0.319 e. The number of rotatable bonds is 6. The highest BCUT2D eigenvalue weighted by Gasteiger charge is 2.26. The molecule has 0 aliphatic carbocycles. The van der Waals surface area contributed by atoms with Gasteiger partial charge in [-0.25, -0.2) is 4.79 Å². The van der Waals surface area contributed by atoms with E-state index in [-0.39, 0.29) is 18.4 Å². The lowest BCUT2D eigenvalue weighted by Gasteiger charge is -2.34. The number of urea groups is 1. The molecule has 0 aromatic rings. The van der Waals surface area contributed by atoms with E-state index < -0.39 is 5.97 Å². The van der Waals surface area contributed by atoms with Crippen molar-refractivity contribution in [3.05, 3.63) is 0 Å². The Balaban J connectivity index is 2.40. The van der Waals surface area contributed by atoms with Gasteiger partial charge in [-0.1, -0.05) is 0 Å². The second-order valence-corrected chi connectivity index (χ2v) is 5.21. The van der Waals surface area contributed by atoms with Crippen molar-refractivity contribution in [2.75, 3.05) is 40.3 Å². The highest BCUT2D eigenvalue weighted by atomic mass is 16.4. The lowest BCUT2D eigenvalue weighted by atomic mass is 9.95. The van der Waals surface area contributed by atoms with Crippen LogP contribution in [0.25, 0.3) is 0 Å². The molecule has 110 valence electrons. The zero-order chi connectivity index (χ0) is 14.3. The number of carbonyl (C=O) groups excluding carboxylic acids is 1. The second kappa shape index (κ2) is 7.99. The second-order valence-electron chi connectivity index (χ2n) is 5.21. The molecule has 1 aliphatic rings. The molecule has 0 radical (unpaired) electrons. The number of carboxylic acids is 1. The maximum atomic E-state index is 12.2. The van der Waals surface area contributed by atoms with Crippen LogP contribution in [0.2, 0.25) is 0 Å². The van der Waals surface area contributed by atoms with Gasteiger partial charge in [-0.3, -0.25) is 4.79 Å². The van der Waals surface area contributed by atoms with E-state index in [0.717, 1.165) is 38.9 Å². The first-order chi connectivity index (χ1) is 9.04. The van der Waals surface area contributed by atoms with Crippen molar-refractivity contribution in [2.24, 2.45) is 5.92 Å². The largest absolute Gasteiger partial charge is 0.481 e. The van der Waals surface area contributed by atoms with Crippen molar-refractivity contribution in [3.8, 4) is 0 Å². The third kappa shape index (κ3) is 5.46. The van der Waals surface area contributed by atoms with Crippen LogP contribution < -0.4 is 5.32 Å². The van der Waals surface area contributed by atoms with Crippen LogP contribution in [0.15, 0.2) is 0 Å². The van der Waals surface area contributed by atoms with Crippen LogP contribution in [0.1, 0.15) is 25.7 Å². The van der Waals surface area contributed by atoms with E-state index in [4.69, 9.17) is 5.11 Å². The smallest absolute Gasteiger partial charge is 0.319 e. The first kappa shape index (κ1) is 15.8. The molecule has 1 heterocycles. The van der Waals surface area contributed by atoms with Crippen LogP contribution in [0.4, 0.5) is 4.79 Å². The van der Waals surface area contributed by atoms with Gasteiger partial charge in [0.1, 0.15) is 0 Å². The van der Waals surface area contributed by atoms with Crippen molar-refractivity contribution in [1.29, 1.82) is 0 Å². The third-order valence-electron chi connectivity index (χ3n) is 3.50. The number of likely N-dealkylation sites (tertiary alicyclic amines) is 1. The molecule has 1 fully saturated rings. The summed E-state index contributed by atoms with van der Waals surface area (Å²) in [6, 6.07) is 0.0196. The van der Waals surface area contributed by atoms with Gasteiger partial charge < -0.3 is 20.2 Å². The fourth-order valence-corrected chi connectivity index (χ4v) is 2.48. The summed E-state index contributed by atoms with van der Waals surface area (Å²) in [7, 11) is 3.70. The van der Waals surface area contributed by atoms with Gasteiger partial charge in [-0.2, -0.15) is 0 Å². The van der Waals surface area contributed by atoms with Crippen molar-refractivity contribution < 1.29 is 14.7 Å². The summed E-state index contributed by atoms with van der Waals surface area (Å²) >= 11 is 0. The number of piperidine rings is 1. The Kier molecular flexibility index (Phi) is 6.62. The van der Waals surface area contributed by atoms with E-state index in [1.807, 2.05) is 7.05 Å². The number of hydrogen-bond donors (Lipinski definition) is 2. The normalized spacial score (nSPS) is 19.3. The van der Waals surface area contributed by atoms with Crippen molar-refractivity contribution in [3.63, 3.8) is 0 Å². The van der Waals surface area contributed by atoms with Gasteiger partial charge in [0.2, 0.25) is 0 Å². The molecule has 1 aliphatic heterocycles. The highest BCUT2D eigenvalue weighted by molar-refractivity contribution is 5.74. The minimum Gasteiger partial charge on any atom is -0.481 e. The minimum absolute atomic E-state index is 0.0196. The van der Waals surface area contributed by atoms with E-state index in [1.165, 1.54) is 0 Å². The monoisotopic (exact) mass is 271 g/mol. The number of nitrogens with zero attached hydrogens (tertiary/aromatic N) is 2. The maximum absolute atomic E-state index is 12.2. The number of carboxylic acid groups (broad SMARTS) is 1. The topological polar surface area (TPSA) is 72.9 Å². The SMILES string of the molecule is CNCCCN(C)C(=O)N1CCCC(CC(=O)O)C1. The molecule has 0 bridgehead atoms. The molecule has 2 N–H and O–H groups in total. The standard InChI is InChI=1S/C13H25N3O3/c1-14-6-4-7-15(2)13(19)16-8-3-5-11(10-16)9-12(17)18/h11,14H,3-10H2,1-2H3,(H,17,18). The predicted molar refractivity (Wildman–Crippen MR) is 73.1 cm³/mol. The number of aliphatic carboxylic acids is 1. The first-order valence-corrected chi connectivity index (χ1v) is 6.91. The summed E-state index contributed by atoms with van der Waals surface area (Å²) in [5.41, 5.74) is 0. The zero-order valence-electron chi connectivity index (χ0n) is 11.9. The average molecular weight is 271 g/mol. The van der Waals surface area contributed by atoms with Gasteiger partial charge in [0.25, 0.3) is 0 Å². The molecule has 1 rings (SSSR count). The Labute approximate surface area is 114 Å². The lowest BCUT2D eigenvalue weighted by Crippen LogP contribution is -2.47. The molecular formula is C13H25N3O3. The Bertz CT molecular complexity index is 310. The Morgan fingerprint density at radius 3 is 2.84 bits per heavy atom. The quantitative estimate of drug-likeness (QED) is 0.702. The molecule has 6 nitrogen and oxygen atoms in total. The first-order valence-electron chi connectivity index (χ1n) is 6.91. The van der Waals surface area contributed by atoms with E-state index in [1.54, 1.807) is 16.8 Å². The van der Waals surface area contributed by atoms with Gasteiger partial charge in [0.05, 0.1) is 0 Å². The summed E-state index contributed by atoms with van der Waals surface area (Å²) in [6.07, 6.45) is 2.88. The lowest BCUT2D eigenvalue weighted by molar-refractivity contribution is -0.138. The van der Waals surface area contributed by atoms with Gasteiger partial charge in [0, 0.05) is 33.1 Å². The number of nitrogens with one attached hydrogen (secondary N) is 1. The van der Waals surface area contributed by atoms with Crippen LogP contribution in [0, 0.1) is 5.92 Å². The van der Waals surface area contributed by atoms with Crippen LogP contribution in [0.3, 0.4) is 0 Å². The van der Waals surface area contributed by atoms with Gasteiger partial charge >= 0.3 is 12.0 Å². The molecule has 0 aromatic heterocycles. The number of carbonyl (C=O) groups is 2. The van der Waals surface area contributed by atoms with E-state index in [9.17, 15) is 9.59 Å². The summed E-state index contributed by atoms with van der Waals surface area (Å²) in [6.45, 7) is 2.92. The summed E-state index contributed by atoms with van der Waals surface area (Å²) < 4.78 is 0. The summed E-state index contributed by atoms with van der Waals surface area (Å²) in [5.74, 6) is -0.678. The molecule has 1 saturated heterocycles. The molecular weight excluding hydrogens is 246 g/mol. The summed E-state index contributed by atoms with van der Waals surface area (Å²) in [4.78, 5) is 26.5. The van der Waals surface area contributed by atoms with E-state index >= 15 is 0 Å². The average Bonchev–Trinajstić information content (AvgIpc) is 2.37. The van der Waals surface area contributed by atoms with Crippen LogP contribution in [-0.4, -0.2) is 67.2 Å². The van der Waals surface area contributed by atoms with E-state index in [0.29, 0.717) is 6.54 Å². The van der Waals surface area contributed by atoms with Gasteiger partial charge in [-0.05, 0) is 38.8 Å². The Hall–Kier alpha value is -1.30. The minimum atomic E-state index is -0.776. The van der Waals surface area contributed by atoms with Gasteiger partial charge in [0.15, 0.2) is 0 Å². The van der Waals surface area contributed by atoms with Crippen molar-refractivity contribution in [1.82, 2.24) is 15.1 Å². The molecule has 0 saturated carbocycles. The predicted octanol–water partition coefficient (Wildman–Crippen LogP) is 0.834. The fraction of sp³-hybridized carbons (Fsp3) is 0.846. The molecule has 1 unspecified atom stereocenters. The number of amides is 2. The fourth-order valence-electron chi connectivity index (χ4n) is 2.48. The third-order valence-corrected chi connectivity index (χ3v) is 3.50. The van der Waals surface area contributed by atoms with Gasteiger partial charge in [-0.15, -0.1) is 0 Å². The molecule has 0 spiro atoms. The van der Waals surface area contributed by atoms with Crippen molar-refractivity contribution >= 4 is 12.0 Å². The highest BCUT2D eigenvalue weighted by Crippen LogP contribution is 2.20. The van der Waals surface area contributed by atoms with Crippen LogP contribution >= 0.6 is 0 Å². The molecule has 6 heteroatoms. The van der Waals surface area contributed by atoms with E-state index in [2.05, 4.69) is 5.32 Å². The Morgan fingerprint density at radius 1 is 1.47 bits per heavy atom. The summed E-state index contributed by atoms with van der Waals surface area (Å²) in [5, 5.41) is 11.9. The van der Waals surface area contributed by atoms with Crippen molar-refractivity contribution in [2.45, 2.75) is 25.7 Å². The Morgan fingerprint density at radius 2 is 2.21 bits per heavy atom.